The molecule has 0 fully saturated rings. The van der Waals surface area contributed by atoms with Crippen LogP contribution in [0.3, 0.4) is 0 Å². The monoisotopic (exact) mass is 292 g/mol. The Bertz CT molecular complexity index is 515. The van der Waals surface area contributed by atoms with Gasteiger partial charge in [-0.2, -0.15) is 0 Å². The molecule has 0 bridgehead atoms. The zero-order valence-corrected chi connectivity index (χ0v) is 11.1. The summed E-state index contributed by atoms with van der Waals surface area (Å²) < 4.78 is 1.07. The van der Waals surface area contributed by atoms with Crippen LogP contribution >= 0.6 is 15.9 Å². The zero-order valence-electron chi connectivity index (χ0n) is 9.47. The Morgan fingerprint density at radius 3 is 2.94 bits per heavy atom. The molecule has 0 saturated carbocycles. The molecule has 0 unspecified atom stereocenters. The maximum absolute atomic E-state index is 5.83. The minimum Gasteiger partial charge on any atom is -0.394 e. The lowest BCUT2D eigenvalue weighted by atomic mass is 10.2. The largest absolute Gasteiger partial charge is 0.394 e. The molecule has 0 radical (unpaired) electrons. The summed E-state index contributed by atoms with van der Waals surface area (Å²) in [6, 6.07) is 8.16. The fourth-order valence-electron chi connectivity index (χ4n) is 1.64. The Hall–Kier alpha value is -1.62. The van der Waals surface area contributed by atoms with Crippen LogP contribution in [0.5, 0.6) is 0 Å². The molecule has 88 valence electrons. The van der Waals surface area contributed by atoms with Gasteiger partial charge in [-0.3, -0.25) is 0 Å². The molecule has 5 heteroatoms. The van der Waals surface area contributed by atoms with Crippen molar-refractivity contribution >= 4 is 27.4 Å². The highest BCUT2D eigenvalue weighted by Crippen LogP contribution is 2.20. The number of halogens is 1. The Kier molecular flexibility index (Phi) is 3.58. The fourth-order valence-corrected chi connectivity index (χ4v) is 2.08. The number of hydrogen-bond donors (Lipinski definition) is 1. The molecule has 0 atom stereocenters. The third-order valence-electron chi connectivity index (χ3n) is 2.39. The number of nitrogens with zero attached hydrogens (tertiary/aromatic N) is 3. The topological polar surface area (TPSA) is 55.0 Å². The van der Waals surface area contributed by atoms with Crippen molar-refractivity contribution in [2.24, 2.45) is 0 Å². The van der Waals surface area contributed by atoms with Crippen molar-refractivity contribution < 1.29 is 0 Å². The summed E-state index contributed by atoms with van der Waals surface area (Å²) in [5.41, 5.74) is 7.61. The van der Waals surface area contributed by atoms with Gasteiger partial charge in [0.2, 0.25) is 0 Å². The van der Waals surface area contributed by atoms with Crippen LogP contribution in [0.1, 0.15) is 5.56 Å². The molecule has 2 aromatic rings. The van der Waals surface area contributed by atoms with Gasteiger partial charge < -0.3 is 10.6 Å². The lowest BCUT2D eigenvalue weighted by Gasteiger charge is -2.19. The van der Waals surface area contributed by atoms with Gasteiger partial charge in [0.15, 0.2) is 5.82 Å². The van der Waals surface area contributed by atoms with E-state index in [9.17, 15) is 0 Å². The lowest BCUT2D eigenvalue weighted by Crippen LogP contribution is -2.19. The van der Waals surface area contributed by atoms with E-state index in [1.165, 1.54) is 11.9 Å². The molecule has 0 aliphatic carbocycles. The quantitative estimate of drug-likeness (QED) is 0.944. The molecule has 0 saturated heterocycles. The highest BCUT2D eigenvalue weighted by molar-refractivity contribution is 9.10. The predicted molar refractivity (Wildman–Crippen MR) is 72.7 cm³/mol. The van der Waals surface area contributed by atoms with Gasteiger partial charge in [-0.1, -0.05) is 28.1 Å². The van der Waals surface area contributed by atoms with Crippen LogP contribution in [0.25, 0.3) is 0 Å². The molecule has 0 aliphatic heterocycles. The average molecular weight is 293 g/mol. The molecule has 1 aromatic carbocycles. The van der Waals surface area contributed by atoms with E-state index in [0.717, 1.165) is 16.8 Å². The van der Waals surface area contributed by atoms with Crippen LogP contribution < -0.4 is 10.6 Å². The Balaban J connectivity index is 2.17. The maximum atomic E-state index is 5.83. The molecule has 4 nitrogen and oxygen atoms in total. The Morgan fingerprint density at radius 2 is 2.24 bits per heavy atom. The van der Waals surface area contributed by atoms with Crippen molar-refractivity contribution in [3.8, 4) is 0 Å². The summed E-state index contributed by atoms with van der Waals surface area (Å²) >= 11 is 3.45. The average Bonchev–Trinajstić information content (AvgIpc) is 2.29. The SMILES string of the molecule is CN(Cc1cccc(Br)c1)c1ncncc1N. The molecule has 0 aliphatic rings. The summed E-state index contributed by atoms with van der Waals surface area (Å²) in [6.45, 7) is 0.751. The first-order chi connectivity index (χ1) is 8.16. The third kappa shape index (κ3) is 2.94. The lowest BCUT2D eigenvalue weighted by molar-refractivity contribution is 0.893. The first-order valence-corrected chi connectivity index (χ1v) is 5.97. The van der Waals surface area contributed by atoms with Crippen molar-refractivity contribution in [3.63, 3.8) is 0 Å². The summed E-state index contributed by atoms with van der Waals surface area (Å²) in [5.74, 6) is 0.750. The van der Waals surface area contributed by atoms with E-state index in [1.807, 2.05) is 24.1 Å². The minimum absolute atomic E-state index is 0.588. The normalized spacial score (nSPS) is 10.2. The van der Waals surface area contributed by atoms with Gasteiger partial charge in [0.1, 0.15) is 6.33 Å². The molecule has 17 heavy (non-hydrogen) atoms. The molecule has 1 heterocycles. The van der Waals surface area contributed by atoms with Gasteiger partial charge in [-0.05, 0) is 17.7 Å². The van der Waals surface area contributed by atoms with Crippen molar-refractivity contribution in [2.75, 3.05) is 17.7 Å². The number of rotatable bonds is 3. The summed E-state index contributed by atoms with van der Waals surface area (Å²) in [7, 11) is 1.96. The van der Waals surface area contributed by atoms with E-state index in [0.29, 0.717) is 5.69 Å². The predicted octanol–water partition coefficient (Wildman–Crippen LogP) is 2.46. The van der Waals surface area contributed by atoms with Crippen molar-refractivity contribution in [1.82, 2.24) is 9.97 Å². The van der Waals surface area contributed by atoms with Gasteiger partial charge in [0, 0.05) is 18.1 Å². The maximum Gasteiger partial charge on any atom is 0.155 e. The Labute approximate surface area is 109 Å². The highest BCUT2D eigenvalue weighted by Gasteiger charge is 2.07. The molecule has 0 spiro atoms. The van der Waals surface area contributed by atoms with Gasteiger partial charge >= 0.3 is 0 Å². The van der Waals surface area contributed by atoms with Gasteiger partial charge in [0.05, 0.1) is 11.9 Å². The van der Waals surface area contributed by atoms with E-state index >= 15 is 0 Å². The first kappa shape index (κ1) is 11.9. The fraction of sp³-hybridized carbons (Fsp3) is 0.167. The molecular formula is C12H13BrN4. The van der Waals surface area contributed by atoms with Gasteiger partial charge in [-0.25, -0.2) is 9.97 Å². The van der Waals surface area contributed by atoms with Crippen molar-refractivity contribution in [2.45, 2.75) is 6.54 Å². The van der Waals surface area contributed by atoms with Crippen molar-refractivity contribution in [3.05, 3.63) is 46.8 Å². The van der Waals surface area contributed by atoms with Crippen LogP contribution in [0.15, 0.2) is 41.3 Å². The molecule has 0 amide bonds. The van der Waals surface area contributed by atoms with E-state index in [1.54, 1.807) is 6.20 Å². The second kappa shape index (κ2) is 5.14. The first-order valence-electron chi connectivity index (χ1n) is 5.18. The second-order valence-corrected chi connectivity index (χ2v) is 4.70. The number of nitrogen functional groups attached to an aromatic ring is 1. The van der Waals surface area contributed by atoms with Crippen LogP contribution in [0.2, 0.25) is 0 Å². The van der Waals surface area contributed by atoms with E-state index in [4.69, 9.17) is 5.73 Å². The summed E-state index contributed by atoms with van der Waals surface area (Å²) in [4.78, 5) is 10.1. The molecule has 2 rings (SSSR count). The van der Waals surface area contributed by atoms with E-state index in [-0.39, 0.29) is 0 Å². The second-order valence-electron chi connectivity index (χ2n) is 3.79. The highest BCUT2D eigenvalue weighted by atomic mass is 79.9. The third-order valence-corrected chi connectivity index (χ3v) is 2.88. The van der Waals surface area contributed by atoms with Crippen LogP contribution in [0, 0.1) is 0 Å². The van der Waals surface area contributed by atoms with E-state index < -0.39 is 0 Å². The Morgan fingerprint density at radius 1 is 1.41 bits per heavy atom. The van der Waals surface area contributed by atoms with Gasteiger partial charge in [0.25, 0.3) is 0 Å². The van der Waals surface area contributed by atoms with Crippen LogP contribution in [-0.2, 0) is 6.54 Å². The zero-order chi connectivity index (χ0) is 12.3. The van der Waals surface area contributed by atoms with Crippen LogP contribution in [-0.4, -0.2) is 17.0 Å². The van der Waals surface area contributed by atoms with Gasteiger partial charge in [-0.15, -0.1) is 0 Å². The molecule has 1 aromatic heterocycles. The number of nitrogens with two attached hydrogens (primary N) is 1. The number of anilines is 2. The summed E-state index contributed by atoms with van der Waals surface area (Å²) in [6.07, 6.45) is 3.11. The summed E-state index contributed by atoms with van der Waals surface area (Å²) in [5, 5.41) is 0. The number of benzene rings is 1. The number of aromatic nitrogens is 2. The number of hydrogen-bond acceptors (Lipinski definition) is 4. The smallest absolute Gasteiger partial charge is 0.155 e. The van der Waals surface area contributed by atoms with E-state index in [2.05, 4.69) is 38.0 Å². The molecular weight excluding hydrogens is 280 g/mol. The minimum atomic E-state index is 0.588. The molecule has 2 N–H and O–H groups in total. The standard InChI is InChI=1S/C12H13BrN4/c1-17(12-11(14)6-15-8-16-12)7-9-3-2-4-10(13)5-9/h2-6,8H,7,14H2,1H3. The van der Waals surface area contributed by atoms with Crippen molar-refractivity contribution in [1.29, 1.82) is 0 Å². The van der Waals surface area contributed by atoms with Crippen LogP contribution in [0.4, 0.5) is 11.5 Å².